The van der Waals surface area contributed by atoms with Crippen molar-refractivity contribution in [3.63, 3.8) is 0 Å². The summed E-state index contributed by atoms with van der Waals surface area (Å²) in [5, 5.41) is 8.73. The minimum absolute atomic E-state index is 0.232. The Morgan fingerprint density at radius 3 is 2.86 bits per heavy atom. The minimum Gasteiger partial charge on any atom is -0.374 e. The van der Waals surface area contributed by atoms with E-state index in [2.05, 4.69) is 50.4 Å². The van der Waals surface area contributed by atoms with E-state index in [1.165, 1.54) is 0 Å². The van der Waals surface area contributed by atoms with Crippen LogP contribution in [0.5, 0.6) is 0 Å². The molecule has 0 amide bonds. The molecule has 3 heterocycles. The lowest BCUT2D eigenvalue weighted by molar-refractivity contribution is 0.0107. The zero-order valence-corrected chi connectivity index (χ0v) is 13.3. The predicted octanol–water partition coefficient (Wildman–Crippen LogP) is 1.62. The molecule has 0 aromatic carbocycles. The summed E-state index contributed by atoms with van der Waals surface area (Å²) in [5.41, 5.74) is 0.747. The maximum atomic E-state index is 5.83. The van der Waals surface area contributed by atoms with Crippen LogP contribution >= 0.6 is 0 Å². The molecule has 0 N–H and O–H groups in total. The van der Waals surface area contributed by atoms with Crippen LogP contribution < -0.4 is 4.90 Å². The topological polar surface area (TPSA) is 69.0 Å². The second-order valence-corrected chi connectivity index (χ2v) is 5.76. The van der Waals surface area contributed by atoms with Crippen molar-refractivity contribution >= 4 is 5.95 Å². The summed E-state index contributed by atoms with van der Waals surface area (Å²) in [5.74, 6) is 2.13. The molecule has 1 atom stereocenters. The van der Waals surface area contributed by atoms with Gasteiger partial charge >= 0.3 is 0 Å². The zero-order valence-electron chi connectivity index (χ0n) is 13.3. The standard InChI is InChI=1S/C15H22N6O/c1-4-21-14(12-9-16-5-6-17-12)18-19-15(21)20-7-8-22-13(10-20)11(2)3/h5-6,9,11,13H,4,7-8,10H2,1-3H3/t13-/m0/s1. The lowest BCUT2D eigenvalue weighted by atomic mass is 10.1. The zero-order chi connectivity index (χ0) is 15.5. The van der Waals surface area contributed by atoms with Gasteiger partial charge in [0.2, 0.25) is 5.95 Å². The van der Waals surface area contributed by atoms with E-state index in [0.29, 0.717) is 5.92 Å². The van der Waals surface area contributed by atoms with Gasteiger partial charge in [-0.15, -0.1) is 10.2 Å². The normalized spacial score (nSPS) is 18.9. The molecule has 0 radical (unpaired) electrons. The third kappa shape index (κ3) is 2.81. The van der Waals surface area contributed by atoms with Gasteiger partial charge in [-0.1, -0.05) is 13.8 Å². The summed E-state index contributed by atoms with van der Waals surface area (Å²) in [7, 11) is 0. The Labute approximate surface area is 130 Å². The highest BCUT2D eigenvalue weighted by molar-refractivity contribution is 5.51. The van der Waals surface area contributed by atoms with Crippen LogP contribution in [-0.2, 0) is 11.3 Å². The molecule has 1 saturated heterocycles. The monoisotopic (exact) mass is 302 g/mol. The summed E-state index contributed by atoms with van der Waals surface area (Å²) in [6.45, 7) is 9.65. The van der Waals surface area contributed by atoms with E-state index >= 15 is 0 Å². The number of hydrogen-bond donors (Lipinski definition) is 0. The highest BCUT2D eigenvalue weighted by atomic mass is 16.5. The van der Waals surface area contributed by atoms with Crippen LogP contribution in [0.15, 0.2) is 18.6 Å². The number of nitrogens with zero attached hydrogens (tertiary/aromatic N) is 6. The Bertz CT molecular complexity index is 612. The van der Waals surface area contributed by atoms with E-state index in [-0.39, 0.29) is 6.10 Å². The molecule has 7 heteroatoms. The first-order valence-electron chi connectivity index (χ1n) is 7.76. The van der Waals surface area contributed by atoms with Crippen molar-refractivity contribution in [2.24, 2.45) is 5.92 Å². The van der Waals surface area contributed by atoms with Gasteiger partial charge in [0.25, 0.3) is 0 Å². The molecule has 1 aliphatic rings. The molecule has 0 saturated carbocycles. The van der Waals surface area contributed by atoms with Gasteiger partial charge in [-0.2, -0.15) is 0 Å². The SMILES string of the molecule is CCn1c(-c2cnccn2)nnc1N1CCO[C@H](C(C)C)C1. The molecule has 0 unspecified atom stereocenters. The Morgan fingerprint density at radius 1 is 1.32 bits per heavy atom. The summed E-state index contributed by atoms with van der Waals surface area (Å²) in [4.78, 5) is 10.7. The molecule has 0 bridgehead atoms. The van der Waals surface area contributed by atoms with Crippen LogP contribution in [0.2, 0.25) is 0 Å². The quantitative estimate of drug-likeness (QED) is 0.855. The highest BCUT2D eigenvalue weighted by Gasteiger charge is 2.27. The summed E-state index contributed by atoms with van der Waals surface area (Å²) in [6, 6.07) is 0. The molecule has 0 aliphatic carbocycles. The van der Waals surface area contributed by atoms with Gasteiger partial charge in [-0.05, 0) is 12.8 Å². The first-order chi connectivity index (χ1) is 10.7. The lowest BCUT2D eigenvalue weighted by Crippen LogP contribution is -2.45. The van der Waals surface area contributed by atoms with Crippen molar-refractivity contribution in [1.29, 1.82) is 0 Å². The van der Waals surface area contributed by atoms with Gasteiger partial charge in [0.05, 0.1) is 18.9 Å². The second kappa shape index (κ2) is 6.39. The van der Waals surface area contributed by atoms with Crippen molar-refractivity contribution in [1.82, 2.24) is 24.7 Å². The Balaban J connectivity index is 1.90. The third-order valence-corrected chi connectivity index (χ3v) is 3.96. The van der Waals surface area contributed by atoms with Gasteiger partial charge in [0.15, 0.2) is 5.82 Å². The van der Waals surface area contributed by atoms with E-state index in [1.807, 2.05) is 0 Å². The van der Waals surface area contributed by atoms with E-state index in [1.54, 1.807) is 18.6 Å². The molecular weight excluding hydrogens is 280 g/mol. The summed E-state index contributed by atoms with van der Waals surface area (Å²) >= 11 is 0. The molecular formula is C15H22N6O. The minimum atomic E-state index is 0.232. The maximum Gasteiger partial charge on any atom is 0.227 e. The molecule has 1 aliphatic heterocycles. The van der Waals surface area contributed by atoms with E-state index < -0.39 is 0 Å². The number of morpholine rings is 1. The number of hydrogen-bond acceptors (Lipinski definition) is 6. The number of anilines is 1. The van der Waals surface area contributed by atoms with Crippen LogP contribution in [0, 0.1) is 5.92 Å². The maximum absolute atomic E-state index is 5.83. The second-order valence-electron chi connectivity index (χ2n) is 5.76. The van der Waals surface area contributed by atoms with Crippen LogP contribution in [0.1, 0.15) is 20.8 Å². The fourth-order valence-electron chi connectivity index (χ4n) is 2.68. The molecule has 2 aromatic rings. The van der Waals surface area contributed by atoms with Crippen LogP contribution in [0.25, 0.3) is 11.5 Å². The molecule has 2 aromatic heterocycles. The molecule has 7 nitrogen and oxygen atoms in total. The fraction of sp³-hybridized carbons (Fsp3) is 0.600. The molecule has 118 valence electrons. The van der Waals surface area contributed by atoms with Crippen molar-refractivity contribution in [2.45, 2.75) is 33.4 Å². The lowest BCUT2D eigenvalue weighted by Gasteiger charge is -2.35. The average Bonchev–Trinajstić information content (AvgIpc) is 2.99. The van der Waals surface area contributed by atoms with E-state index in [4.69, 9.17) is 4.74 Å². The number of aromatic nitrogens is 5. The van der Waals surface area contributed by atoms with Crippen LogP contribution in [-0.4, -0.2) is 50.5 Å². The summed E-state index contributed by atoms with van der Waals surface area (Å²) in [6.07, 6.45) is 5.28. The van der Waals surface area contributed by atoms with Crippen LogP contribution in [0.3, 0.4) is 0 Å². The molecule has 0 spiro atoms. The van der Waals surface area contributed by atoms with Gasteiger partial charge < -0.3 is 9.64 Å². The van der Waals surface area contributed by atoms with E-state index in [0.717, 1.165) is 43.7 Å². The summed E-state index contributed by atoms with van der Waals surface area (Å²) < 4.78 is 7.92. The number of rotatable bonds is 4. The van der Waals surface area contributed by atoms with Gasteiger partial charge in [-0.25, -0.2) is 4.98 Å². The smallest absolute Gasteiger partial charge is 0.227 e. The average molecular weight is 302 g/mol. The van der Waals surface area contributed by atoms with Crippen molar-refractivity contribution in [3.8, 4) is 11.5 Å². The van der Waals surface area contributed by atoms with Crippen molar-refractivity contribution in [3.05, 3.63) is 18.6 Å². The van der Waals surface area contributed by atoms with Crippen molar-refractivity contribution < 1.29 is 4.74 Å². The fourth-order valence-corrected chi connectivity index (χ4v) is 2.68. The van der Waals surface area contributed by atoms with Gasteiger partial charge in [-0.3, -0.25) is 9.55 Å². The number of ether oxygens (including phenoxy) is 1. The van der Waals surface area contributed by atoms with Gasteiger partial charge in [0, 0.05) is 32.0 Å². The van der Waals surface area contributed by atoms with Gasteiger partial charge in [0.1, 0.15) is 5.69 Å². The molecule has 22 heavy (non-hydrogen) atoms. The highest BCUT2D eigenvalue weighted by Crippen LogP contribution is 2.23. The first kappa shape index (κ1) is 14.9. The Morgan fingerprint density at radius 2 is 2.18 bits per heavy atom. The first-order valence-corrected chi connectivity index (χ1v) is 7.76. The largest absolute Gasteiger partial charge is 0.374 e. The van der Waals surface area contributed by atoms with Crippen LogP contribution in [0.4, 0.5) is 5.95 Å². The third-order valence-electron chi connectivity index (χ3n) is 3.96. The molecule has 1 fully saturated rings. The molecule has 3 rings (SSSR count). The Hall–Kier alpha value is -2.02. The van der Waals surface area contributed by atoms with Crippen molar-refractivity contribution in [2.75, 3.05) is 24.6 Å². The van der Waals surface area contributed by atoms with E-state index in [9.17, 15) is 0 Å². The Kier molecular flexibility index (Phi) is 4.33. The predicted molar refractivity (Wildman–Crippen MR) is 83.5 cm³/mol.